The summed E-state index contributed by atoms with van der Waals surface area (Å²) in [5, 5.41) is 12.3. The van der Waals surface area contributed by atoms with Crippen molar-refractivity contribution < 1.29 is 4.42 Å². The molecule has 3 heteroatoms. The van der Waals surface area contributed by atoms with Gasteiger partial charge in [-0.15, -0.1) is 0 Å². The van der Waals surface area contributed by atoms with Crippen LogP contribution in [-0.4, -0.2) is 4.57 Å². The van der Waals surface area contributed by atoms with Crippen LogP contribution in [0.15, 0.2) is 259 Å². The fourth-order valence-electron chi connectivity index (χ4n) is 11.0. The number of hydrogen-bond acceptors (Lipinski definition) is 2. The molecule has 0 spiro atoms. The quantitative estimate of drug-likeness (QED) is 0.149. The van der Waals surface area contributed by atoms with Crippen molar-refractivity contribution in [3.8, 4) is 39.1 Å². The minimum atomic E-state index is 0.896. The smallest absolute Gasteiger partial charge is 0.143 e. The Bertz CT molecular complexity index is 4220. The molecule has 0 unspecified atom stereocenters. The zero-order chi connectivity index (χ0) is 45.4. The number of furan rings is 1. The summed E-state index contributed by atoms with van der Waals surface area (Å²) in [6.45, 7) is 0. The third-order valence-electron chi connectivity index (χ3n) is 14.2. The molecule has 14 rings (SSSR count). The molecule has 0 atom stereocenters. The molecular weight excluding hydrogens is 837 g/mol. The highest BCUT2D eigenvalue weighted by atomic mass is 16.3. The SMILES string of the molecule is c1cc(-c2cccc3c2oc2ccccc23)cc(N(c2ccc(-c3ccc(-c4ccccc4-n4c5ccccc5c5ccccc54)cc3)cc2)c2ccc3c4ccccc4c4ccccc4c3c2)c1. The number of aromatic nitrogens is 1. The van der Waals surface area contributed by atoms with Crippen molar-refractivity contribution in [2.24, 2.45) is 0 Å². The first-order valence-corrected chi connectivity index (χ1v) is 23.7. The predicted octanol–water partition coefficient (Wildman–Crippen LogP) is 18.6. The van der Waals surface area contributed by atoms with E-state index in [1.54, 1.807) is 0 Å². The van der Waals surface area contributed by atoms with Gasteiger partial charge in [0.05, 0.1) is 16.7 Å². The van der Waals surface area contributed by atoms with E-state index in [1.165, 1.54) is 70.9 Å². The molecule has 2 aromatic heterocycles. The summed E-state index contributed by atoms with van der Waals surface area (Å²) in [4.78, 5) is 2.39. The maximum absolute atomic E-state index is 6.56. The second-order valence-electron chi connectivity index (χ2n) is 18.0. The van der Waals surface area contributed by atoms with Crippen LogP contribution < -0.4 is 4.90 Å². The lowest BCUT2D eigenvalue weighted by atomic mass is 9.94. The molecule has 69 heavy (non-hydrogen) atoms. The van der Waals surface area contributed by atoms with Crippen molar-refractivity contribution in [2.45, 2.75) is 0 Å². The summed E-state index contributed by atoms with van der Waals surface area (Å²) in [6, 6.07) is 92.4. The van der Waals surface area contributed by atoms with E-state index >= 15 is 0 Å². The van der Waals surface area contributed by atoms with Crippen molar-refractivity contribution in [1.82, 2.24) is 4.57 Å². The van der Waals surface area contributed by atoms with Gasteiger partial charge in [0.2, 0.25) is 0 Å². The number of fused-ring (bicyclic) bond motifs is 12. The van der Waals surface area contributed by atoms with Crippen molar-refractivity contribution in [2.75, 3.05) is 4.90 Å². The third kappa shape index (κ3) is 6.29. The van der Waals surface area contributed by atoms with Crippen molar-refractivity contribution in [3.05, 3.63) is 255 Å². The van der Waals surface area contributed by atoms with E-state index in [2.05, 4.69) is 258 Å². The monoisotopic (exact) mass is 878 g/mol. The highest BCUT2D eigenvalue weighted by molar-refractivity contribution is 6.26. The molecule has 3 nitrogen and oxygen atoms in total. The molecule has 322 valence electrons. The van der Waals surface area contributed by atoms with Crippen LogP contribution in [0.25, 0.3) is 115 Å². The topological polar surface area (TPSA) is 21.3 Å². The number of para-hydroxylation sites is 5. The van der Waals surface area contributed by atoms with Crippen molar-refractivity contribution in [3.63, 3.8) is 0 Å². The number of anilines is 3. The summed E-state index contributed by atoms with van der Waals surface area (Å²) >= 11 is 0. The van der Waals surface area contributed by atoms with Crippen LogP contribution in [0.4, 0.5) is 17.1 Å². The van der Waals surface area contributed by atoms with Gasteiger partial charge in [0.15, 0.2) is 0 Å². The molecule has 0 saturated heterocycles. The zero-order valence-corrected chi connectivity index (χ0v) is 37.6. The first-order chi connectivity index (χ1) is 34.2. The first kappa shape index (κ1) is 39.0. The Morgan fingerprint density at radius 3 is 1.45 bits per heavy atom. The van der Waals surface area contributed by atoms with E-state index in [0.29, 0.717) is 0 Å². The Kier molecular flexibility index (Phi) is 8.90. The Balaban J connectivity index is 0.876. The average Bonchev–Trinajstić information content (AvgIpc) is 3.98. The molecule has 2 heterocycles. The summed E-state index contributed by atoms with van der Waals surface area (Å²) < 4.78 is 8.97. The minimum absolute atomic E-state index is 0.896. The molecule has 0 aliphatic heterocycles. The normalized spacial score (nSPS) is 11.8. The Labute approximate surface area is 399 Å². The van der Waals surface area contributed by atoms with Gasteiger partial charge in [-0.05, 0) is 115 Å². The van der Waals surface area contributed by atoms with E-state index in [9.17, 15) is 0 Å². The Morgan fingerprint density at radius 1 is 0.275 bits per heavy atom. The van der Waals surface area contributed by atoms with Gasteiger partial charge < -0.3 is 13.9 Å². The molecule has 0 radical (unpaired) electrons. The van der Waals surface area contributed by atoms with Crippen LogP contribution in [0, 0.1) is 0 Å². The molecule has 0 fully saturated rings. The predicted molar refractivity (Wildman–Crippen MR) is 292 cm³/mol. The summed E-state index contributed by atoms with van der Waals surface area (Å²) in [5.74, 6) is 0. The molecule has 14 aromatic rings. The van der Waals surface area contributed by atoms with Gasteiger partial charge in [0, 0.05) is 49.7 Å². The van der Waals surface area contributed by atoms with Gasteiger partial charge in [-0.2, -0.15) is 0 Å². The van der Waals surface area contributed by atoms with Gasteiger partial charge in [-0.25, -0.2) is 0 Å². The second kappa shape index (κ2) is 15.7. The van der Waals surface area contributed by atoms with Gasteiger partial charge in [-0.1, -0.05) is 194 Å². The molecule has 0 aliphatic carbocycles. The van der Waals surface area contributed by atoms with Crippen LogP contribution in [0.2, 0.25) is 0 Å². The lowest BCUT2D eigenvalue weighted by molar-refractivity contribution is 0.670. The lowest BCUT2D eigenvalue weighted by Crippen LogP contribution is -2.10. The number of rotatable bonds is 7. The molecule has 0 amide bonds. The molecule has 12 aromatic carbocycles. The number of nitrogens with zero attached hydrogens (tertiary/aromatic N) is 2. The van der Waals surface area contributed by atoms with Gasteiger partial charge in [0.25, 0.3) is 0 Å². The van der Waals surface area contributed by atoms with Gasteiger partial charge in [0.1, 0.15) is 11.2 Å². The van der Waals surface area contributed by atoms with Crippen molar-refractivity contribution in [1.29, 1.82) is 0 Å². The van der Waals surface area contributed by atoms with Crippen LogP contribution in [-0.2, 0) is 0 Å². The fraction of sp³-hybridized carbons (Fsp3) is 0. The number of hydrogen-bond donors (Lipinski definition) is 0. The molecule has 0 saturated carbocycles. The molecule has 0 N–H and O–H groups in total. The van der Waals surface area contributed by atoms with Crippen LogP contribution in [0.1, 0.15) is 0 Å². The Morgan fingerprint density at radius 2 is 0.754 bits per heavy atom. The van der Waals surface area contributed by atoms with E-state index in [0.717, 1.165) is 61.3 Å². The fourth-order valence-corrected chi connectivity index (χ4v) is 11.0. The minimum Gasteiger partial charge on any atom is -0.455 e. The average molecular weight is 879 g/mol. The highest BCUT2D eigenvalue weighted by Crippen LogP contribution is 2.44. The molecule has 0 aliphatic rings. The van der Waals surface area contributed by atoms with Crippen LogP contribution in [0.5, 0.6) is 0 Å². The standard InChI is InChI=1S/C66H42N2O/c1-2-20-54-52(18-1)53-19-3-4-21-55(53)61-42-49(39-40-56(54)61)67(48-16-13-15-46(41-48)51-25-14-26-60-59-24-8-12-30-65(59)69-66(51)60)47-37-35-44(36-38-47)43-31-33-45(34-32-43)50-17-5-9-27-62(50)68-63-28-10-6-22-57(63)58-23-7-11-29-64(58)68/h1-42H. The van der Waals surface area contributed by atoms with E-state index in [1.807, 2.05) is 6.07 Å². The first-order valence-electron chi connectivity index (χ1n) is 23.7. The highest BCUT2D eigenvalue weighted by Gasteiger charge is 2.20. The zero-order valence-electron chi connectivity index (χ0n) is 37.6. The van der Waals surface area contributed by atoms with Gasteiger partial charge >= 0.3 is 0 Å². The van der Waals surface area contributed by atoms with Crippen LogP contribution in [0.3, 0.4) is 0 Å². The van der Waals surface area contributed by atoms with Crippen molar-refractivity contribution >= 4 is 93.1 Å². The van der Waals surface area contributed by atoms with Gasteiger partial charge in [-0.3, -0.25) is 0 Å². The third-order valence-corrected chi connectivity index (χ3v) is 14.2. The van der Waals surface area contributed by atoms with E-state index in [-0.39, 0.29) is 0 Å². The summed E-state index contributed by atoms with van der Waals surface area (Å²) in [5.41, 5.74) is 15.4. The maximum Gasteiger partial charge on any atom is 0.143 e. The van der Waals surface area contributed by atoms with E-state index in [4.69, 9.17) is 4.42 Å². The molecular formula is C66H42N2O. The molecule has 0 bridgehead atoms. The summed E-state index contributed by atoms with van der Waals surface area (Å²) in [6.07, 6.45) is 0. The van der Waals surface area contributed by atoms with E-state index < -0.39 is 0 Å². The summed E-state index contributed by atoms with van der Waals surface area (Å²) in [7, 11) is 0. The second-order valence-corrected chi connectivity index (χ2v) is 18.0. The Hall–Kier alpha value is -9.18. The largest absolute Gasteiger partial charge is 0.455 e. The maximum atomic E-state index is 6.56. The van der Waals surface area contributed by atoms with Crippen LogP contribution >= 0.6 is 0 Å². The number of benzene rings is 12. The lowest BCUT2D eigenvalue weighted by Gasteiger charge is -2.27.